The summed E-state index contributed by atoms with van der Waals surface area (Å²) in [6.45, 7) is 1.49. The molecule has 1 saturated carbocycles. The molecule has 0 aromatic heterocycles. The van der Waals surface area contributed by atoms with Gasteiger partial charge in [-0.3, -0.25) is 4.79 Å². The lowest BCUT2D eigenvalue weighted by Crippen LogP contribution is -2.17. The molecule has 1 N–H and O–H groups in total. The average Bonchev–Trinajstić information content (AvgIpc) is 2.95. The first-order chi connectivity index (χ1) is 7.87. The van der Waals surface area contributed by atoms with Crippen LogP contribution in [0.1, 0.15) is 30.4 Å². The molecule has 0 spiro atoms. The zero-order valence-corrected chi connectivity index (χ0v) is 9.94. The molecule has 2 rings (SSSR count). The number of aryl methyl sites for hydroxylation is 1. The smallest absolute Gasteiger partial charge is 0.304 e. The normalized spacial score (nSPS) is 16.9. The Bertz CT molecular complexity index is 470. The van der Waals surface area contributed by atoms with Gasteiger partial charge in [0.2, 0.25) is 0 Å². The molecule has 0 amide bonds. The van der Waals surface area contributed by atoms with E-state index in [1.807, 2.05) is 0 Å². The SMILES string of the molecule is Cc1cc(Cl)c(F)c(C2(CC(=O)O)CC2)c1F. The van der Waals surface area contributed by atoms with Crippen molar-refractivity contribution in [3.63, 3.8) is 0 Å². The highest BCUT2D eigenvalue weighted by Gasteiger charge is 2.50. The van der Waals surface area contributed by atoms with Crippen molar-refractivity contribution in [2.45, 2.75) is 31.6 Å². The molecule has 1 aliphatic rings. The molecular formula is C12H11ClF2O2. The Morgan fingerprint density at radius 2 is 2.06 bits per heavy atom. The van der Waals surface area contributed by atoms with Crippen molar-refractivity contribution in [3.05, 3.63) is 33.9 Å². The molecule has 92 valence electrons. The molecule has 0 atom stereocenters. The van der Waals surface area contributed by atoms with E-state index in [9.17, 15) is 13.6 Å². The van der Waals surface area contributed by atoms with Crippen LogP contribution < -0.4 is 0 Å². The minimum absolute atomic E-state index is 0.157. The Morgan fingerprint density at radius 1 is 1.47 bits per heavy atom. The summed E-state index contributed by atoms with van der Waals surface area (Å²) >= 11 is 5.67. The summed E-state index contributed by atoms with van der Waals surface area (Å²) in [6.07, 6.45) is 0.695. The van der Waals surface area contributed by atoms with Gasteiger partial charge in [0, 0.05) is 11.0 Å². The van der Waals surface area contributed by atoms with Gasteiger partial charge in [-0.25, -0.2) is 8.78 Å². The van der Waals surface area contributed by atoms with E-state index in [4.69, 9.17) is 16.7 Å². The Kier molecular flexibility index (Phi) is 2.86. The molecule has 0 unspecified atom stereocenters. The van der Waals surface area contributed by atoms with E-state index in [2.05, 4.69) is 0 Å². The van der Waals surface area contributed by atoms with Gasteiger partial charge in [0.1, 0.15) is 11.6 Å². The van der Waals surface area contributed by atoms with Gasteiger partial charge >= 0.3 is 5.97 Å². The van der Waals surface area contributed by atoms with Gasteiger partial charge in [0.25, 0.3) is 0 Å². The Labute approximate surface area is 102 Å². The number of carboxylic acids is 1. The van der Waals surface area contributed by atoms with Crippen molar-refractivity contribution < 1.29 is 18.7 Å². The lowest BCUT2D eigenvalue weighted by atomic mass is 9.90. The summed E-state index contributed by atoms with van der Waals surface area (Å²) in [6, 6.07) is 1.21. The molecule has 17 heavy (non-hydrogen) atoms. The van der Waals surface area contributed by atoms with Crippen molar-refractivity contribution in [1.82, 2.24) is 0 Å². The molecule has 1 fully saturated rings. The number of hydrogen-bond acceptors (Lipinski definition) is 1. The maximum absolute atomic E-state index is 13.9. The largest absolute Gasteiger partial charge is 0.481 e. The number of halogens is 3. The number of carbonyl (C=O) groups is 1. The monoisotopic (exact) mass is 260 g/mol. The van der Waals surface area contributed by atoms with E-state index >= 15 is 0 Å². The number of benzene rings is 1. The summed E-state index contributed by atoms with van der Waals surface area (Å²) in [7, 11) is 0. The van der Waals surface area contributed by atoms with E-state index in [1.165, 1.54) is 13.0 Å². The fourth-order valence-corrected chi connectivity index (χ4v) is 2.41. The van der Waals surface area contributed by atoms with Crippen LogP contribution in [0.4, 0.5) is 8.78 Å². The second-order valence-electron chi connectivity index (χ2n) is 4.53. The molecule has 0 bridgehead atoms. The summed E-state index contributed by atoms with van der Waals surface area (Å²) in [5.74, 6) is -2.56. The number of aliphatic carboxylic acids is 1. The molecule has 0 saturated heterocycles. The summed E-state index contributed by atoms with van der Waals surface area (Å²) in [5.41, 5.74) is -0.830. The van der Waals surface area contributed by atoms with Crippen LogP contribution in [0.2, 0.25) is 5.02 Å². The van der Waals surface area contributed by atoms with Gasteiger partial charge in [-0.2, -0.15) is 0 Å². The standard InChI is InChI=1S/C12H11ClF2O2/c1-6-4-7(13)11(15)9(10(6)14)12(2-3-12)5-8(16)17/h4H,2-3,5H2,1H3,(H,16,17). The van der Waals surface area contributed by atoms with Gasteiger partial charge in [0.05, 0.1) is 11.4 Å². The summed E-state index contributed by atoms with van der Waals surface area (Å²) < 4.78 is 27.8. The minimum atomic E-state index is -1.06. The van der Waals surface area contributed by atoms with Gasteiger partial charge in [-0.1, -0.05) is 11.6 Å². The Hall–Kier alpha value is -1.16. The van der Waals surface area contributed by atoms with E-state index in [1.54, 1.807) is 0 Å². The van der Waals surface area contributed by atoms with Crippen molar-refractivity contribution >= 4 is 17.6 Å². The van der Waals surface area contributed by atoms with Crippen molar-refractivity contribution in [3.8, 4) is 0 Å². The Morgan fingerprint density at radius 3 is 2.53 bits per heavy atom. The first-order valence-electron chi connectivity index (χ1n) is 5.24. The van der Waals surface area contributed by atoms with Gasteiger partial charge < -0.3 is 5.11 Å². The second-order valence-corrected chi connectivity index (χ2v) is 4.94. The topological polar surface area (TPSA) is 37.3 Å². The van der Waals surface area contributed by atoms with Crippen LogP contribution in [0.15, 0.2) is 6.07 Å². The minimum Gasteiger partial charge on any atom is -0.481 e. The molecule has 5 heteroatoms. The molecule has 1 aliphatic carbocycles. The molecule has 0 heterocycles. The van der Waals surface area contributed by atoms with Gasteiger partial charge in [-0.15, -0.1) is 0 Å². The quantitative estimate of drug-likeness (QED) is 0.846. The fraction of sp³-hybridized carbons (Fsp3) is 0.417. The first-order valence-corrected chi connectivity index (χ1v) is 5.61. The first kappa shape index (κ1) is 12.3. The Balaban J connectivity index is 2.55. The lowest BCUT2D eigenvalue weighted by molar-refractivity contribution is -0.137. The van der Waals surface area contributed by atoms with E-state index in [-0.39, 0.29) is 22.6 Å². The molecule has 1 aromatic rings. The molecule has 0 radical (unpaired) electrons. The van der Waals surface area contributed by atoms with Crippen LogP contribution in [0.5, 0.6) is 0 Å². The zero-order valence-electron chi connectivity index (χ0n) is 9.19. The summed E-state index contributed by atoms with van der Waals surface area (Å²) in [4.78, 5) is 10.7. The second kappa shape index (κ2) is 3.95. The predicted molar refractivity (Wildman–Crippen MR) is 59.3 cm³/mol. The van der Waals surface area contributed by atoms with Crippen molar-refractivity contribution in [2.75, 3.05) is 0 Å². The van der Waals surface area contributed by atoms with Gasteiger partial charge in [-0.05, 0) is 31.4 Å². The van der Waals surface area contributed by atoms with Gasteiger partial charge in [0.15, 0.2) is 0 Å². The molecular weight excluding hydrogens is 250 g/mol. The highest BCUT2D eigenvalue weighted by Crippen LogP contribution is 2.53. The average molecular weight is 261 g/mol. The highest BCUT2D eigenvalue weighted by molar-refractivity contribution is 6.30. The van der Waals surface area contributed by atoms with Crippen LogP contribution in [0.3, 0.4) is 0 Å². The van der Waals surface area contributed by atoms with Crippen LogP contribution >= 0.6 is 11.6 Å². The maximum Gasteiger partial charge on any atom is 0.304 e. The predicted octanol–water partition coefficient (Wildman–Crippen LogP) is 3.43. The van der Waals surface area contributed by atoms with E-state index in [0.717, 1.165) is 0 Å². The lowest BCUT2D eigenvalue weighted by Gasteiger charge is -2.17. The van der Waals surface area contributed by atoms with Crippen molar-refractivity contribution in [2.24, 2.45) is 0 Å². The molecule has 1 aromatic carbocycles. The zero-order chi connectivity index (χ0) is 12.8. The molecule has 0 aliphatic heterocycles. The van der Waals surface area contributed by atoms with Crippen LogP contribution in [0.25, 0.3) is 0 Å². The van der Waals surface area contributed by atoms with E-state index in [0.29, 0.717) is 12.8 Å². The number of carboxylic acid groups (broad SMARTS) is 1. The van der Waals surface area contributed by atoms with Crippen LogP contribution in [-0.4, -0.2) is 11.1 Å². The number of hydrogen-bond donors (Lipinski definition) is 1. The van der Waals surface area contributed by atoms with Crippen LogP contribution in [-0.2, 0) is 10.2 Å². The van der Waals surface area contributed by atoms with Crippen molar-refractivity contribution in [1.29, 1.82) is 0 Å². The maximum atomic E-state index is 13.9. The van der Waals surface area contributed by atoms with Crippen LogP contribution in [0, 0.1) is 18.6 Å². The third-order valence-corrected chi connectivity index (χ3v) is 3.49. The summed E-state index contributed by atoms with van der Waals surface area (Å²) in [5, 5.41) is 8.64. The fourth-order valence-electron chi connectivity index (χ4n) is 2.15. The third kappa shape index (κ3) is 2.02. The number of rotatable bonds is 3. The van der Waals surface area contributed by atoms with E-state index < -0.39 is 23.0 Å². The molecule has 2 nitrogen and oxygen atoms in total. The third-order valence-electron chi connectivity index (χ3n) is 3.21. The highest BCUT2D eigenvalue weighted by atomic mass is 35.5.